The fourth-order valence-corrected chi connectivity index (χ4v) is 3.70. The van der Waals surface area contributed by atoms with Crippen molar-refractivity contribution in [2.24, 2.45) is 0 Å². The van der Waals surface area contributed by atoms with Gasteiger partial charge in [-0.2, -0.15) is 4.98 Å². The maximum absolute atomic E-state index is 10.9. The van der Waals surface area contributed by atoms with Crippen molar-refractivity contribution in [3.8, 4) is 17.1 Å². The summed E-state index contributed by atoms with van der Waals surface area (Å²) in [7, 11) is 0. The van der Waals surface area contributed by atoms with E-state index in [9.17, 15) is 10.1 Å². The molecule has 146 valence electrons. The van der Waals surface area contributed by atoms with E-state index in [1.165, 1.54) is 35.0 Å². The van der Waals surface area contributed by atoms with Crippen LogP contribution >= 0.6 is 11.8 Å². The van der Waals surface area contributed by atoms with Crippen molar-refractivity contribution < 1.29 is 9.45 Å². The van der Waals surface area contributed by atoms with Crippen molar-refractivity contribution in [3.63, 3.8) is 0 Å². The van der Waals surface area contributed by atoms with Crippen LogP contribution in [0.4, 0.5) is 5.69 Å². The zero-order chi connectivity index (χ0) is 20.4. The summed E-state index contributed by atoms with van der Waals surface area (Å²) in [6, 6.07) is 12.3. The largest absolute Gasteiger partial charge is 0.338 e. The normalized spacial score (nSPS) is 11.0. The molecule has 0 aliphatic heterocycles. The number of non-ortho nitro benzene ring substituents is 1. The number of aryl methyl sites for hydroxylation is 1. The third-order valence-corrected chi connectivity index (χ3v) is 5.50. The molecular weight excluding hydrogens is 390 g/mol. The Labute approximate surface area is 170 Å². The van der Waals surface area contributed by atoms with Crippen molar-refractivity contribution in [1.82, 2.24) is 19.7 Å². The second-order valence-electron chi connectivity index (χ2n) is 6.41. The minimum Gasteiger partial charge on any atom is -0.338 e. The van der Waals surface area contributed by atoms with Gasteiger partial charge >= 0.3 is 0 Å². The molecule has 0 fully saturated rings. The number of imidazole rings is 1. The number of hydrogen-bond donors (Lipinski definition) is 0. The number of hydrogen-bond acceptors (Lipinski definition) is 7. The second kappa shape index (κ2) is 7.88. The number of rotatable bonds is 6. The molecule has 0 unspecified atom stereocenters. The molecule has 8 nitrogen and oxygen atoms in total. The summed E-state index contributed by atoms with van der Waals surface area (Å²) in [4.78, 5) is 19.3. The minimum atomic E-state index is -0.451. The van der Waals surface area contributed by atoms with Gasteiger partial charge in [-0.1, -0.05) is 41.2 Å². The molecule has 2 aromatic carbocycles. The Bertz CT molecular complexity index is 1180. The van der Waals surface area contributed by atoms with Crippen LogP contribution in [0.25, 0.3) is 17.1 Å². The molecule has 0 aliphatic rings. The van der Waals surface area contributed by atoms with Crippen LogP contribution in [0.3, 0.4) is 0 Å². The maximum Gasteiger partial charge on any atom is 0.270 e. The molecule has 4 rings (SSSR count). The van der Waals surface area contributed by atoms with Crippen molar-refractivity contribution >= 4 is 17.4 Å². The van der Waals surface area contributed by atoms with E-state index >= 15 is 0 Å². The minimum absolute atomic E-state index is 0.0150. The number of thioether (sulfide) groups is 1. The third-order valence-electron chi connectivity index (χ3n) is 4.55. The van der Waals surface area contributed by atoms with Crippen LogP contribution in [0, 0.1) is 24.0 Å². The van der Waals surface area contributed by atoms with Crippen molar-refractivity contribution in [1.29, 1.82) is 0 Å². The van der Waals surface area contributed by atoms with Crippen molar-refractivity contribution in [2.45, 2.75) is 24.8 Å². The molecule has 2 heterocycles. The van der Waals surface area contributed by atoms with E-state index in [0.29, 0.717) is 23.0 Å². The first-order valence-corrected chi connectivity index (χ1v) is 9.81. The molecule has 0 spiro atoms. The van der Waals surface area contributed by atoms with Crippen molar-refractivity contribution in [2.75, 3.05) is 0 Å². The number of aromatic nitrogens is 4. The first kappa shape index (κ1) is 18.9. The molecule has 0 aliphatic carbocycles. The molecule has 0 saturated heterocycles. The zero-order valence-corrected chi connectivity index (χ0v) is 16.6. The van der Waals surface area contributed by atoms with Gasteiger partial charge in [0, 0.05) is 30.1 Å². The highest BCUT2D eigenvalue weighted by Crippen LogP contribution is 2.27. The molecule has 9 heteroatoms. The van der Waals surface area contributed by atoms with E-state index in [0.717, 1.165) is 10.8 Å². The average molecular weight is 407 g/mol. The van der Waals surface area contributed by atoms with E-state index in [4.69, 9.17) is 4.52 Å². The van der Waals surface area contributed by atoms with Gasteiger partial charge < -0.3 is 4.52 Å². The van der Waals surface area contributed by atoms with Gasteiger partial charge in [0.25, 0.3) is 5.69 Å². The quantitative estimate of drug-likeness (QED) is 0.258. The van der Waals surface area contributed by atoms with Gasteiger partial charge in [-0.3, -0.25) is 14.7 Å². The smallest absolute Gasteiger partial charge is 0.270 e. The highest BCUT2D eigenvalue weighted by Gasteiger charge is 2.15. The molecule has 29 heavy (non-hydrogen) atoms. The Morgan fingerprint density at radius 1 is 1.21 bits per heavy atom. The summed E-state index contributed by atoms with van der Waals surface area (Å²) in [5, 5.41) is 15.7. The third kappa shape index (κ3) is 3.90. The van der Waals surface area contributed by atoms with Crippen LogP contribution in [0.2, 0.25) is 0 Å². The van der Waals surface area contributed by atoms with Crippen LogP contribution in [0.15, 0.2) is 64.5 Å². The number of nitro benzene ring substituents is 1. The number of nitrogens with zero attached hydrogens (tertiary/aromatic N) is 5. The lowest BCUT2D eigenvalue weighted by molar-refractivity contribution is -0.384. The summed E-state index contributed by atoms with van der Waals surface area (Å²) >= 11 is 1.48. The fraction of sp³-hybridized carbons (Fsp3) is 0.150. The van der Waals surface area contributed by atoms with Gasteiger partial charge in [0.15, 0.2) is 5.16 Å². The van der Waals surface area contributed by atoms with E-state index < -0.39 is 4.92 Å². The van der Waals surface area contributed by atoms with Crippen LogP contribution < -0.4 is 0 Å². The van der Waals surface area contributed by atoms with Crippen LogP contribution in [-0.2, 0) is 5.75 Å². The number of benzene rings is 2. The lowest BCUT2D eigenvalue weighted by Gasteiger charge is -2.11. The predicted octanol–water partition coefficient (Wildman–Crippen LogP) is 4.74. The summed E-state index contributed by atoms with van der Waals surface area (Å²) in [6.45, 7) is 4.17. The van der Waals surface area contributed by atoms with E-state index in [1.807, 2.05) is 16.8 Å². The summed E-state index contributed by atoms with van der Waals surface area (Å²) < 4.78 is 7.35. The van der Waals surface area contributed by atoms with Crippen LogP contribution in [0.5, 0.6) is 0 Å². The van der Waals surface area contributed by atoms with E-state index in [-0.39, 0.29) is 5.69 Å². The average Bonchev–Trinajstić information content (AvgIpc) is 3.38. The van der Waals surface area contributed by atoms with Crippen molar-refractivity contribution in [3.05, 3.63) is 82.0 Å². The molecule has 4 aromatic rings. The standard InChI is InChI=1S/C20H17N5O3S/c1-13-5-3-8-17(14(13)2)24-10-9-21-20(24)29-12-18-22-19(23-28-18)15-6-4-7-16(11-15)25(26)27/h3-11H,12H2,1-2H3. The summed E-state index contributed by atoms with van der Waals surface area (Å²) in [6.07, 6.45) is 3.68. The SMILES string of the molecule is Cc1cccc(-n2ccnc2SCc2nc(-c3cccc([N+](=O)[O-])c3)no2)c1C. The molecule has 0 amide bonds. The molecule has 0 atom stereocenters. The molecule has 0 saturated carbocycles. The first-order chi connectivity index (χ1) is 14.0. The van der Waals surface area contributed by atoms with Gasteiger partial charge in [0.2, 0.25) is 11.7 Å². The Morgan fingerprint density at radius 3 is 2.86 bits per heavy atom. The maximum atomic E-state index is 10.9. The summed E-state index contributed by atoms with van der Waals surface area (Å²) in [5.41, 5.74) is 4.01. The zero-order valence-electron chi connectivity index (χ0n) is 15.8. The lowest BCUT2D eigenvalue weighted by Crippen LogP contribution is -1.99. The molecule has 0 bridgehead atoms. The monoisotopic (exact) mass is 407 g/mol. The van der Waals surface area contributed by atoms with E-state index in [2.05, 4.69) is 41.1 Å². The van der Waals surface area contributed by atoms with E-state index in [1.54, 1.807) is 18.3 Å². The Hall–Kier alpha value is -3.46. The van der Waals surface area contributed by atoms with Gasteiger partial charge in [0.1, 0.15) is 0 Å². The van der Waals surface area contributed by atoms with Crippen LogP contribution in [-0.4, -0.2) is 24.6 Å². The van der Waals surface area contributed by atoms with Gasteiger partial charge in [-0.15, -0.1) is 0 Å². The molecule has 0 radical (unpaired) electrons. The number of nitro groups is 1. The fourth-order valence-electron chi connectivity index (χ4n) is 2.89. The first-order valence-electron chi connectivity index (χ1n) is 8.83. The predicted molar refractivity (Wildman–Crippen MR) is 109 cm³/mol. The summed E-state index contributed by atoms with van der Waals surface area (Å²) in [5.74, 6) is 1.18. The highest BCUT2D eigenvalue weighted by atomic mass is 32.2. The van der Waals surface area contributed by atoms with Gasteiger partial charge in [-0.05, 0) is 31.0 Å². The van der Waals surface area contributed by atoms with Gasteiger partial charge in [-0.25, -0.2) is 4.98 Å². The lowest BCUT2D eigenvalue weighted by atomic mass is 10.1. The van der Waals surface area contributed by atoms with Crippen LogP contribution in [0.1, 0.15) is 17.0 Å². The Balaban J connectivity index is 1.52. The van der Waals surface area contributed by atoms with Gasteiger partial charge in [0.05, 0.1) is 16.4 Å². The second-order valence-corrected chi connectivity index (χ2v) is 7.35. The Kier molecular flexibility index (Phi) is 5.13. The topological polar surface area (TPSA) is 99.9 Å². The Morgan fingerprint density at radius 2 is 2.03 bits per heavy atom. The highest BCUT2D eigenvalue weighted by molar-refractivity contribution is 7.98. The molecule has 0 N–H and O–H groups in total. The molecule has 2 aromatic heterocycles. The molecular formula is C20H17N5O3S.